The van der Waals surface area contributed by atoms with Gasteiger partial charge in [-0.25, -0.2) is 9.59 Å². The van der Waals surface area contributed by atoms with Gasteiger partial charge in [0.15, 0.2) is 11.5 Å². The summed E-state index contributed by atoms with van der Waals surface area (Å²) in [5, 5.41) is 13.5. The molecule has 0 spiro atoms. The molecule has 1 aliphatic rings. The van der Waals surface area contributed by atoms with Gasteiger partial charge in [-0.2, -0.15) is 0 Å². The van der Waals surface area contributed by atoms with Crippen molar-refractivity contribution in [3.05, 3.63) is 53.6 Å². The van der Waals surface area contributed by atoms with Gasteiger partial charge in [0.2, 0.25) is 6.79 Å². The summed E-state index contributed by atoms with van der Waals surface area (Å²) in [5.74, 6) is -0.783. The average Bonchev–Trinajstić information content (AvgIpc) is 3.02. The predicted octanol–water partition coefficient (Wildman–Crippen LogP) is 2.08. The van der Waals surface area contributed by atoms with Crippen molar-refractivity contribution in [2.24, 2.45) is 0 Å². The van der Waals surface area contributed by atoms with Crippen molar-refractivity contribution in [3.63, 3.8) is 0 Å². The van der Waals surface area contributed by atoms with Crippen molar-refractivity contribution in [2.45, 2.75) is 0 Å². The smallest absolute Gasteiger partial charge is 0.335 e. The zero-order valence-corrected chi connectivity index (χ0v) is 12.2. The summed E-state index contributed by atoms with van der Waals surface area (Å²) in [6.45, 7) is 0.0841. The molecule has 0 saturated heterocycles. The van der Waals surface area contributed by atoms with Crippen LogP contribution >= 0.6 is 0 Å². The van der Waals surface area contributed by atoms with Gasteiger partial charge in [-0.1, -0.05) is 6.07 Å². The first-order valence-electron chi connectivity index (χ1n) is 6.88. The predicted molar refractivity (Wildman–Crippen MR) is 82.5 cm³/mol. The third-order valence-electron chi connectivity index (χ3n) is 3.23. The first-order valence-corrected chi connectivity index (χ1v) is 6.88. The lowest BCUT2D eigenvalue weighted by molar-refractivity contribution is 0.0696. The van der Waals surface area contributed by atoms with Gasteiger partial charge in [0, 0.05) is 11.3 Å². The molecule has 0 aromatic heterocycles. The molecule has 1 heterocycles. The largest absolute Gasteiger partial charge is 0.478 e. The Hall–Kier alpha value is -3.55. The average molecular weight is 328 g/mol. The first-order chi connectivity index (χ1) is 11.5. The molecule has 8 heteroatoms. The highest BCUT2D eigenvalue weighted by atomic mass is 16.7. The Kier molecular flexibility index (Phi) is 4.02. The van der Waals surface area contributed by atoms with Crippen LogP contribution in [0.1, 0.15) is 20.7 Å². The number of amides is 3. The topological polar surface area (TPSA) is 114 Å². The number of urea groups is 1. The summed E-state index contributed by atoms with van der Waals surface area (Å²) in [6.07, 6.45) is 0. The molecule has 2 aromatic carbocycles. The quantitative estimate of drug-likeness (QED) is 0.795. The van der Waals surface area contributed by atoms with E-state index in [2.05, 4.69) is 10.6 Å². The van der Waals surface area contributed by atoms with Crippen LogP contribution in [0.3, 0.4) is 0 Å². The zero-order chi connectivity index (χ0) is 17.1. The number of carboxylic acid groups (broad SMARTS) is 1. The Labute approximate surface area is 136 Å². The third-order valence-corrected chi connectivity index (χ3v) is 3.23. The maximum Gasteiger partial charge on any atom is 0.335 e. The molecule has 0 saturated carbocycles. The van der Waals surface area contributed by atoms with E-state index in [0.29, 0.717) is 11.5 Å². The molecule has 0 bridgehead atoms. The van der Waals surface area contributed by atoms with Crippen molar-refractivity contribution in [3.8, 4) is 11.5 Å². The molecule has 1 aliphatic heterocycles. The van der Waals surface area contributed by atoms with E-state index < -0.39 is 17.9 Å². The molecule has 2 aromatic rings. The lowest BCUT2D eigenvalue weighted by atomic mass is 10.2. The number of nitrogens with one attached hydrogen (secondary N) is 2. The van der Waals surface area contributed by atoms with Gasteiger partial charge in [0.25, 0.3) is 5.91 Å². The second-order valence-corrected chi connectivity index (χ2v) is 4.86. The summed E-state index contributed by atoms with van der Waals surface area (Å²) >= 11 is 0. The van der Waals surface area contributed by atoms with Gasteiger partial charge in [0.1, 0.15) is 0 Å². The zero-order valence-electron chi connectivity index (χ0n) is 12.2. The summed E-state index contributed by atoms with van der Waals surface area (Å²) in [4.78, 5) is 34.8. The maximum absolute atomic E-state index is 12.1. The van der Waals surface area contributed by atoms with Crippen molar-refractivity contribution in [1.29, 1.82) is 0 Å². The second kappa shape index (κ2) is 6.29. The van der Waals surface area contributed by atoms with E-state index in [4.69, 9.17) is 14.6 Å². The molecule has 24 heavy (non-hydrogen) atoms. The number of ether oxygens (including phenoxy) is 2. The van der Waals surface area contributed by atoms with E-state index in [1.807, 2.05) is 0 Å². The van der Waals surface area contributed by atoms with E-state index >= 15 is 0 Å². The van der Waals surface area contributed by atoms with Gasteiger partial charge in [-0.3, -0.25) is 10.1 Å². The van der Waals surface area contributed by atoms with E-state index in [0.717, 1.165) is 0 Å². The number of carboxylic acids is 1. The Morgan fingerprint density at radius 1 is 0.958 bits per heavy atom. The molecule has 3 rings (SSSR count). The summed E-state index contributed by atoms with van der Waals surface area (Å²) in [6, 6.07) is 9.44. The fourth-order valence-corrected chi connectivity index (χ4v) is 2.11. The number of imide groups is 1. The SMILES string of the molecule is O=C(NC(=O)c1ccc2c(c1)OCO2)Nc1cccc(C(=O)O)c1. The third kappa shape index (κ3) is 3.27. The minimum atomic E-state index is -1.12. The van der Waals surface area contributed by atoms with Crippen molar-refractivity contribution in [2.75, 3.05) is 12.1 Å². The number of hydrogen-bond acceptors (Lipinski definition) is 5. The molecule has 3 amide bonds. The van der Waals surface area contributed by atoms with Crippen LogP contribution in [-0.2, 0) is 0 Å². The highest BCUT2D eigenvalue weighted by Crippen LogP contribution is 2.32. The lowest BCUT2D eigenvalue weighted by Crippen LogP contribution is -2.34. The molecule has 0 radical (unpaired) electrons. The number of hydrogen-bond donors (Lipinski definition) is 3. The number of rotatable bonds is 3. The number of aromatic carboxylic acids is 1. The standard InChI is InChI=1S/C16H12N2O6/c19-14(9-4-5-12-13(7-9)24-8-23-12)18-16(22)17-11-3-1-2-10(6-11)15(20)21/h1-7H,8H2,(H,20,21)(H2,17,18,19,22). The van der Waals surface area contributed by atoms with Crippen molar-refractivity contribution >= 4 is 23.6 Å². The van der Waals surface area contributed by atoms with Crippen molar-refractivity contribution < 1.29 is 29.0 Å². The molecule has 0 fully saturated rings. The molecule has 122 valence electrons. The molecule has 0 unspecified atom stereocenters. The van der Waals surface area contributed by atoms with E-state index in [1.165, 1.54) is 36.4 Å². The number of anilines is 1. The Bertz CT molecular complexity index is 833. The number of carbonyl (C=O) groups excluding carboxylic acids is 2. The van der Waals surface area contributed by atoms with Gasteiger partial charge in [0.05, 0.1) is 5.56 Å². The Morgan fingerprint density at radius 3 is 2.54 bits per heavy atom. The van der Waals surface area contributed by atoms with E-state index in [-0.39, 0.29) is 23.6 Å². The highest BCUT2D eigenvalue weighted by molar-refractivity contribution is 6.08. The minimum Gasteiger partial charge on any atom is -0.478 e. The van der Waals surface area contributed by atoms with Crippen LogP contribution in [0.5, 0.6) is 11.5 Å². The maximum atomic E-state index is 12.1. The normalized spacial score (nSPS) is 11.7. The van der Waals surface area contributed by atoms with Crippen LogP contribution in [0.15, 0.2) is 42.5 Å². The summed E-state index contributed by atoms with van der Waals surface area (Å²) < 4.78 is 10.3. The van der Waals surface area contributed by atoms with Crippen LogP contribution < -0.4 is 20.1 Å². The second-order valence-electron chi connectivity index (χ2n) is 4.86. The van der Waals surface area contributed by atoms with Gasteiger partial charge in [-0.15, -0.1) is 0 Å². The molecular formula is C16H12N2O6. The lowest BCUT2D eigenvalue weighted by Gasteiger charge is -2.08. The van der Waals surface area contributed by atoms with Gasteiger partial charge in [-0.05, 0) is 36.4 Å². The monoisotopic (exact) mass is 328 g/mol. The number of fused-ring (bicyclic) bond motifs is 1. The Balaban J connectivity index is 1.65. The van der Waals surface area contributed by atoms with E-state index in [9.17, 15) is 14.4 Å². The number of carbonyl (C=O) groups is 3. The fourth-order valence-electron chi connectivity index (χ4n) is 2.11. The van der Waals surface area contributed by atoms with Gasteiger partial charge >= 0.3 is 12.0 Å². The molecule has 8 nitrogen and oxygen atoms in total. The van der Waals surface area contributed by atoms with Crippen molar-refractivity contribution in [1.82, 2.24) is 5.32 Å². The molecule has 0 aliphatic carbocycles. The Morgan fingerprint density at radius 2 is 1.75 bits per heavy atom. The van der Waals surface area contributed by atoms with Crippen LogP contribution in [0.4, 0.5) is 10.5 Å². The van der Waals surface area contributed by atoms with Crippen LogP contribution in [0.25, 0.3) is 0 Å². The van der Waals surface area contributed by atoms with Crippen LogP contribution in [-0.4, -0.2) is 29.8 Å². The first kappa shape index (κ1) is 15.3. The number of benzene rings is 2. The molecular weight excluding hydrogens is 316 g/mol. The van der Waals surface area contributed by atoms with Crippen LogP contribution in [0, 0.1) is 0 Å². The summed E-state index contributed by atoms with van der Waals surface area (Å²) in [5.41, 5.74) is 0.509. The fraction of sp³-hybridized carbons (Fsp3) is 0.0625. The molecule has 3 N–H and O–H groups in total. The van der Waals surface area contributed by atoms with Gasteiger partial charge < -0.3 is 19.9 Å². The summed E-state index contributed by atoms with van der Waals surface area (Å²) in [7, 11) is 0. The minimum absolute atomic E-state index is 0.0231. The van der Waals surface area contributed by atoms with E-state index in [1.54, 1.807) is 6.07 Å². The van der Waals surface area contributed by atoms with Crippen LogP contribution in [0.2, 0.25) is 0 Å². The highest BCUT2D eigenvalue weighted by Gasteiger charge is 2.17. The molecule has 0 atom stereocenters.